The number of aliphatic imine (C=N–C) groups is 1. The lowest BCUT2D eigenvalue weighted by atomic mass is 9.71. The van der Waals surface area contributed by atoms with Crippen molar-refractivity contribution in [3.05, 3.63) is 35.4 Å². The van der Waals surface area contributed by atoms with Crippen molar-refractivity contribution < 1.29 is 4.74 Å². The van der Waals surface area contributed by atoms with Crippen LogP contribution in [0.25, 0.3) is 0 Å². The highest BCUT2D eigenvalue weighted by Gasteiger charge is 2.31. The number of rotatable bonds is 5. The van der Waals surface area contributed by atoms with E-state index in [0.29, 0.717) is 12.6 Å². The highest BCUT2D eigenvalue weighted by molar-refractivity contribution is 5.78. The molecule has 21 heavy (non-hydrogen) atoms. The van der Waals surface area contributed by atoms with E-state index in [9.17, 15) is 0 Å². The fourth-order valence-corrected chi connectivity index (χ4v) is 3.14. The van der Waals surface area contributed by atoms with Crippen molar-refractivity contribution in [2.24, 2.45) is 10.7 Å². The third-order valence-electron chi connectivity index (χ3n) is 4.25. The summed E-state index contributed by atoms with van der Waals surface area (Å²) in [5.41, 5.74) is 8.96. The van der Waals surface area contributed by atoms with Crippen LogP contribution in [-0.2, 0) is 16.6 Å². The normalized spacial score (nSPS) is 23.5. The monoisotopic (exact) mass is 289 g/mol. The summed E-state index contributed by atoms with van der Waals surface area (Å²) in [4.78, 5) is 4.57. The molecule has 0 aromatic heterocycles. The third kappa shape index (κ3) is 3.97. The number of benzene rings is 1. The zero-order valence-electron chi connectivity index (χ0n) is 13.4. The highest BCUT2D eigenvalue weighted by atomic mass is 16.5. The van der Waals surface area contributed by atoms with Crippen LogP contribution in [0.15, 0.2) is 29.3 Å². The van der Waals surface area contributed by atoms with E-state index in [4.69, 9.17) is 10.5 Å². The summed E-state index contributed by atoms with van der Waals surface area (Å²) in [6.07, 6.45) is 3.55. The molecular formula is C17H27N3O. The Morgan fingerprint density at radius 1 is 1.48 bits per heavy atom. The Morgan fingerprint density at radius 2 is 2.24 bits per heavy atom. The van der Waals surface area contributed by atoms with Crippen LogP contribution in [0.2, 0.25) is 0 Å². The zero-order valence-corrected chi connectivity index (χ0v) is 13.4. The van der Waals surface area contributed by atoms with Gasteiger partial charge in [-0.2, -0.15) is 0 Å². The molecule has 0 aliphatic heterocycles. The van der Waals surface area contributed by atoms with Crippen LogP contribution in [0.1, 0.15) is 37.8 Å². The van der Waals surface area contributed by atoms with E-state index in [-0.39, 0.29) is 11.5 Å². The van der Waals surface area contributed by atoms with Crippen molar-refractivity contribution in [2.75, 3.05) is 20.3 Å². The number of hydrogen-bond acceptors (Lipinski definition) is 2. The van der Waals surface area contributed by atoms with Crippen LogP contribution in [0.3, 0.4) is 0 Å². The van der Waals surface area contributed by atoms with Gasteiger partial charge in [0.2, 0.25) is 0 Å². The fraction of sp³-hybridized carbons (Fsp3) is 0.588. The molecule has 2 atom stereocenters. The molecule has 4 heteroatoms. The molecule has 1 aliphatic carbocycles. The Labute approximate surface area is 127 Å². The molecule has 0 radical (unpaired) electrons. The summed E-state index contributed by atoms with van der Waals surface area (Å²) in [7, 11) is 1.69. The number of nitrogens with two attached hydrogens (primary N) is 1. The standard InChI is InChI=1S/C17H27N3O/c1-13(11-21-3)20-16(18)19-12-17(2)10-6-8-14-7-4-5-9-15(14)17/h4-5,7,9,13H,6,8,10-12H2,1-3H3,(H3,18,19,20). The molecular weight excluding hydrogens is 262 g/mol. The molecule has 0 spiro atoms. The minimum atomic E-state index is 0.0889. The number of nitrogens with one attached hydrogen (secondary N) is 1. The van der Waals surface area contributed by atoms with E-state index < -0.39 is 0 Å². The first-order chi connectivity index (χ1) is 10.0. The van der Waals surface area contributed by atoms with Crippen molar-refractivity contribution in [1.82, 2.24) is 5.32 Å². The molecule has 1 aromatic rings. The summed E-state index contributed by atoms with van der Waals surface area (Å²) in [6.45, 7) is 5.67. The van der Waals surface area contributed by atoms with Gasteiger partial charge in [-0.3, -0.25) is 4.99 Å². The number of fused-ring (bicyclic) bond motifs is 1. The molecule has 0 bridgehead atoms. The van der Waals surface area contributed by atoms with Crippen LogP contribution in [0.4, 0.5) is 0 Å². The molecule has 4 nitrogen and oxygen atoms in total. The van der Waals surface area contributed by atoms with Gasteiger partial charge in [-0.15, -0.1) is 0 Å². The van der Waals surface area contributed by atoms with Crippen LogP contribution in [-0.4, -0.2) is 32.3 Å². The average Bonchev–Trinajstić information content (AvgIpc) is 2.46. The molecule has 0 amide bonds. The van der Waals surface area contributed by atoms with E-state index in [1.807, 2.05) is 6.92 Å². The Morgan fingerprint density at radius 3 is 3.00 bits per heavy atom. The van der Waals surface area contributed by atoms with Crippen LogP contribution < -0.4 is 11.1 Å². The number of ether oxygens (including phenoxy) is 1. The maximum absolute atomic E-state index is 5.98. The van der Waals surface area contributed by atoms with Gasteiger partial charge in [0.05, 0.1) is 13.2 Å². The summed E-state index contributed by atoms with van der Waals surface area (Å²) in [6, 6.07) is 8.88. The van der Waals surface area contributed by atoms with Crippen molar-refractivity contribution in [2.45, 2.75) is 44.6 Å². The van der Waals surface area contributed by atoms with Crippen LogP contribution in [0.5, 0.6) is 0 Å². The topological polar surface area (TPSA) is 59.6 Å². The molecule has 2 rings (SSSR count). The number of hydrogen-bond donors (Lipinski definition) is 2. The van der Waals surface area contributed by atoms with Crippen LogP contribution >= 0.6 is 0 Å². The second-order valence-electron chi connectivity index (χ2n) is 6.27. The molecule has 0 heterocycles. The van der Waals surface area contributed by atoms with E-state index in [1.165, 1.54) is 24.0 Å². The number of guanidine groups is 1. The van der Waals surface area contributed by atoms with Gasteiger partial charge in [0, 0.05) is 18.6 Å². The van der Waals surface area contributed by atoms with E-state index in [1.54, 1.807) is 7.11 Å². The minimum absolute atomic E-state index is 0.0889. The lowest BCUT2D eigenvalue weighted by molar-refractivity contribution is 0.179. The van der Waals surface area contributed by atoms with Crippen molar-refractivity contribution in [1.29, 1.82) is 0 Å². The molecule has 2 unspecified atom stereocenters. The average molecular weight is 289 g/mol. The van der Waals surface area contributed by atoms with E-state index >= 15 is 0 Å². The lowest BCUT2D eigenvalue weighted by Gasteiger charge is -2.35. The fourth-order valence-electron chi connectivity index (χ4n) is 3.14. The molecule has 0 saturated heterocycles. The van der Waals surface area contributed by atoms with Gasteiger partial charge >= 0.3 is 0 Å². The molecule has 1 aromatic carbocycles. The Bertz CT molecular complexity index is 501. The summed E-state index contributed by atoms with van der Waals surface area (Å²) < 4.78 is 5.09. The van der Waals surface area contributed by atoms with Crippen molar-refractivity contribution >= 4 is 5.96 Å². The van der Waals surface area contributed by atoms with Gasteiger partial charge in [0.1, 0.15) is 0 Å². The molecule has 0 saturated carbocycles. The second kappa shape index (κ2) is 6.94. The van der Waals surface area contributed by atoms with Gasteiger partial charge in [0.15, 0.2) is 5.96 Å². The van der Waals surface area contributed by atoms with Crippen LogP contribution in [0, 0.1) is 0 Å². The maximum Gasteiger partial charge on any atom is 0.188 e. The smallest absolute Gasteiger partial charge is 0.188 e. The molecule has 1 aliphatic rings. The predicted octanol–water partition coefficient (Wildman–Crippen LogP) is 2.22. The first-order valence-corrected chi connectivity index (χ1v) is 7.69. The summed E-state index contributed by atoms with van der Waals surface area (Å²) in [5, 5.41) is 3.16. The van der Waals surface area contributed by atoms with Gasteiger partial charge in [-0.1, -0.05) is 31.2 Å². The largest absolute Gasteiger partial charge is 0.383 e. The van der Waals surface area contributed by atoms with E-state index in [0.717, 1.165) is 13.0 Å². The number of aryl methyl sites for hydroxylation is 1. The SMILES string of the molecule is COCC(C)NC(N)=NCC1(C)CCCc2ccccc21. The Balaban J connectivity index is 2.05. The first-order valence-electron chi connectivity index (χ1n) is 7.69. The summed E-state index contributed by atoms with van der Waals surface area (Å²) >= 11 is 0. The Kier molecular flexibility index (Phi) is 5.23. The van der Waals surface area contributed by atoms with Gasteiger partial charge in [-0.05, 0) is 37.3 Å². The van der Waals surface area contributed by atoms with Crippen molar-refractivity contribution in [3.8, 4) is 0 Å². The number of nitrogens with zero attached hydrogens (tertiary/aromatic N) is 1. The van der Waals surface area contributed by atoms with Gasteiger partial charge in [0.25, 0.3) is 0 Å². The van der Waals surface area contributed by atoms with Crippen molar-refractivity contribution in [3.63, 3.8) is 0 Å². The number of methoxy groups -OCH3 is 1. The summed E-state index contributed by atoms with van der Waals surface area (Å²) in [5.74, 6) is 0.504. The van der Waals surface area contributed by atoms with Gasteiger partial charge in [-0.25, -0.2) is 0 Å². The molecule has 116 valence electrons. The molecule has 0 fully saturated rings. The quantitative estimate of drug-likeness (QED) is 0.645. The van der Waals surface area contributed by atoms with E-state index in [2.05, 4.69) is 41.5 Å². The first kappa shape index (κ1) is 15.8. The maximum atomic E-state index is 5.98. The lowest BCUT2D eigenvalue weighted by Crippen LogP contribution is -2.42. The highest BCUT2D eigenvalue weighted by Crippen LogP contribution is 2.37. The predicted molar refractivity (Wildman–Crippen MR) is 87.7 cm³/mol. The zero-order chi connectivity index (χ0) is 15.3. The second-order valence-corrected chi connectivity index (χ2v) is 6.27. The Hall–Kier alpha value is -1.55. The van der Waals surface area contributed by atoms with Gasteiger partial charge < -0.3 is 15.8 Å². The third-order valence-corrected chi connectivity index (χ3v) is 4.25. The molecule has 3 N–H and O–H groups in total. The minimum Gasteiger partial charge on any atom is -0.383 e.